The van der Waals surface area contributed by atoms with Gasteiger partial charge in [-0.3, -0.25) is 9.78 Å². The molecule has 0 saturated heterocycles. The van der Waals surface area contributed by atoms with Crippen LogP contribution in [0.1, 0.15) is 41.4 Å². The molecule has 102 valence electrons. The van der Waals surface area contributed by atoms with Gasteiger partial charge in [-0.25, -0.2) is 0 Å². The van der Waals surface area contributed by atoms with Crippen molar-refractivity contribution in [2.45, 2.75) is 26.3 Å². The summed E-state index contributed by atoms with van der Waals surface area (Å²) in [6.45, 7) is 4.99. The second-order valence-corrected chi connectivity index (χ2v) is 5.62. The van der Waals surface area contributed by atoms with Gasteiger partial charge in [0.25, 0.3) is 5.91 Å². The summed E-state index contributed by atoms with van der Waals surface area (Å²) in [5.41, 5.74) is 5.33. The van der Waals surface area contributed by atoms with Crippen molar-refractivity contribution in [3.63, 3.8) is 0 Å². The summed E-state index contributed by atoms with van der Waals surface area (Å²) in [6.07, 6.45) is 1.84. The maximum atomic E-state index is 11.9. The Morgan fingerprint density at radius 3 is 2.75 bits per heavy atom. The van der Waals surface area contributed by atoms with Crippen molar-refractivity contribution >= 4 is 5.91 Å². The van der Waals surface area contributed by atoms with E-state index >= 15 is 0 Å². The average Bonchev–Trinajstić information content (AvgIpc) is 2.73. The number of rotatable bonds is 2. The predicted octanol–water partition coefficient (Wildman–Crippen LogP) is 3.46. The number of fused-ring (bicyclic) bond motifs is 1. The number of carbonyl (C=O) groups is 1. The molecule has 1 aromatic carbocycles. The minimum Gasteiger partial charge on any atom is -0.337 e. The summed E-state index contributed by atoms with van der Waals surface area (Å²) < 4.78 is 0. The van der Waals surface area contributed by atoms with E-state index in [1.165, 1.54) is 0 Å². The van der Waals surface area contributed by atoms with Gasteiger partial charge in [0.15, 0.2) is 0 Å². The molecule has 3 nitrogen and oxygen atoms in total. The molecule has 0 fully saturated rings. The molecule has 3 heteroatoms. The monoisotopic (exact) mass is 266 g/mol. The lowest BCUT2D eigenvalue weighted by molar-refractivity contribution is 0.0816. The molecule has 0 atom stereocenters. The second-order valence-electron chi connectivity index (χ2n) is 5.62. The fourth-order valence-corrected chi connectivity index (χ4v) is 2.76. The smallest absolute Gasteiger partial charge is 0.254 e. The van der Waals surface area contributed by atoms with Crippen molar-refractivity contribution in [1.82, 2.24) is 9.88 Å². The standard InChI is InChI=1S/C17H18N2O/c1-11(2)16-14(5-4-8-18-16)12-6-7-15-13(9-12)10-19(3)17(15)20/h4-9,11H,10H2,1-3H3. The Balaban J connectivity index is 2.10. The first-order valence-corrected chi connectivity index (χ1v) is 6.91. The third-order valence-corrected chi connectivity index (χ3v) is 3.79. The maximum absolute atomic E-state index is 11.9. The minimum atomic E-state index is 0.113. The minimum absolute atomic E-state index is 0.113. The van der Waals surface area contributed by atoms with Crippen molar-refractivity contribution < 1.29 is 4.79 Å². The highest BCUT2D eigenvalue weighted by atomic mass is 16.2. The van der Waals surface area contributed by atoms with Gasteiger partial charge in [-0.2, -0.15) is 0 Å². The third-order valence-electron chi connectivity index (χ3n) is 3.79. The van der Waals surface area contributed by atoms with Crippen molar-refractivity contribution in [1.29, 1.82) is 0 Å². The highest BCUT2D eigenvalue weighted by molar-refractivity contribution is 5.98. The van der Waals surface area contributed by atoms with E-state index in [0.29, 0.717) is 12.5 Å². The van der Waals surface area contributed by atoms with Gasteiger partial charge >= 0.3 is 0 Å². The SMILES string of the molecule is CC(C)c1ncccc1-c1ccc2c(c1)CN(C)C2=O. The van der Waals surface area contributed by atoms with E-state index in [-0.39, 0.29) is 5.91 Å². The van der Waals surface area contributed by atoms with E-state index in [4.69, 9.17) is 0 Å². The molecule has 0 saturated carbocycles. The lowest BCUT2D eigenvalue weighted by Crippen LogP contribution is -2.17. The molecule has 0 N–H and O–H groups in total. The zero-order valence-electron chi connectivity index (χ0n) is 12.1. The van der Waals surface area contributed by atoms with Crippen LogP contribution in [0.3, 0.4) is 0 Å². The van der Waals surface area contributed by atoms with Crippen molar-refractivity contribution in [2.24, 2.45) is 0 Å². The molecule has 1 aliphatic rings. The van der Waals surface area contributed by atoms with Crippen LogP contribution in [0.25, 0.3) is 11.1 Å². The van der Waals surface area contributed by atoms with E-state index in [9.17, 15) is 4.79 Å². The largest absolute Gasteiger partial charge is 0.337 e. The summed E-state index contributed by atoms with van der Waals surface area (Å²) in [5, 5.41) is 0. The van der Waals surface area contributed by atoms with Crippen molar-refractivity contribution in [3.05, 3.63) is 53.3 Å². The van der Waals surface area contributed by atoms with Gasteiger partial charge < -0.3 is 4.90 Å². The fourth-order valence-electron chi connectivity index (χ4n) is 2.76. The van der Waals surface area contributed by atoms with Crippen molar-refractivity contribution in [2.75, 3.05) is 7.05 Å². The molecule has 3 rings (SSSR count). The number of hydrogen-bond acceptors (Lipinski definition) is 2. The Bertz CT molecular complexity index is 676. The fraction of sp³-hybridized carbons (Fsp3) is 0.294. The number of pyridine rings is 1. The topological polar surface area (TPSA) is 33.2 Å². The summed E-state index contributed by atoms with van der Waals surface area (Å²) in [6, 6.07) is 10.2. The number of hydrogen-bond donors (Lipinski definition) is 0. The molecule has 0 unspecified atom stereocenters. The van der Waals surface area contributed by atoms with Gasteiger partial charge in [0.05, 0.1) is 5.69 Å². The zero-order valence-corrected chi connectivity index (χ0v) is 12.1. The van der Waals surface area contributed by atoms with Crippen LogP contribution in [-0.2, 0) is 6.54 Å². The molecule has 0 radical (unpaired) electrons. The lowest BCUT2D eigenvalue weighted by Gasteiger charge is -2.12. The Morgan fingerprint density at radius 1 is 1.20 bits per heavy atom. The van der Waals surface area contributed by atoms with E-state index in [2.05, 4.69) is 31.0 Å². The van der Waals surface area contributed by atoms with Gasteiger partial charge in [0, 0.05) is 30.9 Å². The van der Waals surface area contributed by atoms with Gasteiger partial charge in [-0.1, -0.05) is 26.0 Å². The first-order chi connectivity index (χ1) is 9.58. The number of aromatic nitrogens is 1. The molecular formula is C17H18N2O. The van der Waals surface area contributed by atoms with Crippen LogP contribution < -0.4 is 0 Å². The zero-order chi connectivity index (χ0) is 14.3. The Labute approximate surface area is 119 Å². The summed E-state index contributed by atoms with van der Waals surface area (Å²) in [4.78, 5) is 18.2. The maximum Gasteiger partial charge on any atom is 0.254 e. The number of carbonyl (C=O) groups excluding carboxylic acids is 1. The average molecular weight is 266 g/mol. The lowest BCUT2D eigenvalue weighted by atomic mass is 9.95. The van der Waals surface area contributed by atoms with E-state index < -0.39 is 0 Å². The molecule has 20 heavy (non-hydrogen) atoms. The van der Waals surface area contributed by atoms with Crippen molar-refractivity contribution in [3.8, 4) is 11.1 Å². The summed E-state index contributed by atoms with van der Waals surface area (Å²) >= 11 is 0. The molecule has 2 aromatic rings. The van der Waals surface area contributed by atoms with E-state index in [1.54, 1.807) is 4.90 Å². The second kappa shape index (κ2) is 4.75. The number of nitrogens with zero attached hydrogens (tertiary/aromatic N) is 2. The highest BCUT2D eigenvalue weighted by Crippen LogP contribution is 2.31. The van der Waals surface area contributed by atoms with Crippen LogP contribution in [0, 0.1) is 0 Å². The van der Waals surface area contributed by atoms with Crippen LogP contribution in [0.5, 0.6) is 0 Å². The van der Waals surface area contributed by atoms with Gasteiger partial charge in [0.2, 0.25) is 0 Å². The molecule has 0 aliphatic carbocycles. The third kappa shape index (κ3) is 1.99. The molecule has 0 spiro atoms. The van der Waals surface area contributed by atoms with Crippen LogP contribution in [0.15, 0.2) is 36.5 Å². The Kier molecular flexibility index (Phi) is 3.05. The molecule has 1 aromatic heterocycles. The van der Waals surface area contributed by atoms with Crippen LogP contribution in [0.2, 0.25) is 0 Å². The molecule has 2 heterocycles. The van der Waals surface area contributed by atoms with Gasteiger partial charge in [-0.05, 0) is 35.2 Å². The van der Waals surface area contributed by atoms with Gasteiger partial charge in [-0.15, -0.1) is 0 Å². The molecule has 0 bridgehead atoms. The van der Waals surface area contributed by atoms with Gasteiger partial charge in [0.1, 0.15) is 0 Å². The summed E-state index contributed by atoms with van der Waals surface area (Å²) in [5.74, 6) is 0.491. The number of amides is 1. The molecule has 1 amide bonds. The quantitative estimate of drug-likeness (QED) is 0.834. The Hall–Kier alpha value is -2.16. The van der Waals surface area contributed by atoms with Crippen LogP contribution in [-0.4, -0.2) is 22.8 Å². The normalized spacial score (nSPS) is 14.0. The number of benzene rings is 1. The first kappa shape index (κ1) is 12.9. The molecule has 1 aliphatic heterocycles. The highest BCUT2D eigenvalue weighted by Gasteiger charge is 2.24. The predicted molar refractivity (Wildman–Crippen MR) is 79.6 cm³/mol. The summed E-state index contributed by atoms with van der Waals surface area (Å²) in [7, 11) is 1.84. The van der Waals surface area contributed by atoms with E-state index in [0.717, 1.165) is 27.9 Å². The van der Waals surface area contributed by atoms with Crippen LogP contribution >= 0.6 is 0 Å². The van der Waals surface area contributed by atoms with Crippen LogP contribution in [0.4, 0.5) is 0 Å². The molecular weight excluding hydrogens is 248 g/mol. The van der Waals surface area contributed by atoms with E-state index in [1.807, 2.05) is 31.4 Å². The first-order valence-electron chi connectivity index (χ1n) is 6.91. The Morgan fingerprint density at radius 2 is 2.00 bits per heavy atom.